The van der Waals surface area contributed by atoms with E-state index in [1.54, 1.807) is 29.2 Å². The van der Waals surface area contributed by atoms with Gasteiger partial charge in [0.1, 0.15) is 10.1 Å². The molecule has 1 amide bonds. The molecule has 0 saturated carbocycles. The largest absolute Gasteiger partial charge is 0.293 e. The molecular weight excluding hydrogens is 281 g/mol. The van der Waals surface area contributed by atoms with Crippen LogP contribution in [0.1, 0.15) is 19.4 Å². The molecule has 1 saturated heterocycles. The monoisotopic (exact) mass is 295 g/mol. The summed E-state index contributed by atoms with van der Waals surface area (Å²) in [7, 11) is 0. The summed E-state index contributed by atoms with van der Waals surface area (Å²) >= 11 is 6.43. The number of hydrogen-bond acceptors (Lipinski definition) is 3. The molecule has 1 aromatic carbocycles. The van der Waals surface area contributed by atoms with Crippen molar-refractivity contribution >= 4 is 40.3 Å². The van der Waals surface area contributed by atoms with Crippen LogP contribution < -0.4 is 0 Å². The zero-order valence-corrected chi connectivity index (χ0v) is 12.4. The van der Waals surface area contributed by atoms with Gasteiger partial charge in [-0.3, -0.25) is 9.69 Å². The van der Waals surface area contributed by atoms with E-state index >= 15 is 0 Å². The highest BCUT2D eigenvalue weighted by Crippen LogP contribution is 2.33. The number of benzene rings is 1. The Morgan fingerprint density at radius 1 is 1.42 bits per heavy atom. The summed E-state index contributed by atoms with van der Waals surface area (Å²) in [5.41, 5.74) is 0.410. The van der Waals surface area contributed by atoms with Crippen LogP contribution in [0, 0.1) is 11.7 Å². The van der Waals surface area contributed by atoms with Gasteiger partial charge in [0.05, 0.1) is 4.91 Å². The summed E-state index contributed by atoms with van der Waals surface area (Å²) in [5, 5.41) is 0. The summed E-state index contributed by atoms with van der Waals surface area (Å²) in [4.78, 5) is 14.3. The Morgan fingerprint density at radius 2 is 2.11 bits per heavy atom. The van der Waals surface area contributed by atoms with E-state index in [4.69, 9.17) is 12.2 Å². The minimum atomic E-state index is -0.336. The summed E-state index contributed by atoms with van der Waals surface area (Å²) in [5.74, 6) is -0.126. The van der Waals surface area contributed by atoms with Crippen molar-refractivity contribution in [2.75, 3.05) is 6.54 Å². The van der Waals surface area contributed by atoms with Crippen molar-refractivity contribution in [2.45, 2.75) is 13.8 Å². The highest BCUT2D eigenvalue weighted by atomic mass is 32.2. The van der Waals surface area contributed by atoms with Gasteiger partial charge >= 0.3 is 0 Å². The van der Waals surface area contributed by atoms with Gasteiger partial charge in [-0.25, -0.2) is 4.39 Å². The Bertz CT molecular complexity index is 554. The van der Waals surface area contributed by atoms with E-state index in [2.05, 4.69) is 0 Å². The second kappa shape index (κ2) is 5.84. The summed E-state index contributed by atoms with van der Waals surface area (Å²) in [6.07, 6.45) is 1.56. The van der Waals surface area contributed by atoms with Crippen LogP contribution in [-0.2, 0) is 4.79 Å². The van der Waals surface area contributed by atoms with Crippen LogP contribution in [0.15, 0.2) is 29.2 Å². The zero-order chi connectivity index (χ0) is 14.0. The van der Waals surface area contributed by atoms with Crippen molar-refractivity contribution in [1.29, 1.82) is 0 Å². The number of hydrogen-bond donors (Lipinski definition) is 0. The Hall–Kier alpha value is -1.20. The fourth-order valence-electron chi connectivity index (χ4n) is 1.76. The minimum absolute atomic E-state index is 0.132. The molecule has 0 unspecified atom stereocenters. The Balaban J connectivity index is 2.26. The number of thioether (sulfide) groups is 1. The van der Waals surface area contributed by atoms with Crippen molar-refractivity contribution in [2.24, 2.45) is 5.92 Å². The molecule has 0 aromatic heterocycles. The minimum Gasteiger partial charge on any atom is -0.293 e. The van der Waals surface area contributed by atoms with Crippen molar-refractivity contribution in [3.63, 3.8) is 0 Å². The first kappa shape index (κ1) is 14.2. The van der Waals surface area contributed by atoms with Gasteiger partial charge in [-0.05, 0) is 18.1 Å². The maximum absolute atomic E-state index is 13.6. The van der Waals surface area contributed by atoms with Crippen molar-refractivity contribution in [1.82, 2.24) is 4.90 Å². The molecule has 19 heavy (non-hydrogen) atoms. The van der Waals surface area contributed by atoms with Gasteiger partial charge in [0, 0.05) is 12.1 Å². The fraction of sp³-hybridized carbons (Fsp3) is 0.286. The lowest BCUT2D eigenvalue weighted by atomic mass is 10.2. The van der Waals surface area contributed by atoms with Gasteiger partial charge in [-0.15, -0.1) is 0 Å². The maximum Gasteiger partial charge on any atom is 0.266 e. The van der Waals surface area contributed by atoms with Crippen LogP contribution in [0.25, 0.3) is 6.08 Å². The average Bonchev–Trinajstić information content (AvgIpc) is 2.60. The third-order valence-electron chi connectivity index (χ3n) is 2.61. The predicted molar refractivity (Wildman–Crippen MR) is 81.1 cm³/mol. The van der Waals surface area contributed by atoms with Gasteiger partial charge in [0.15, 0.2) is 0 Å². The SMILES string of the molecule is CC(C)CN1C(=O)/C(=C/c2ccccc2F)SC1=S. The van der Waals surface area contributed by atoms with Gasteiger partial charge in [-0.2, -0.15) is 0 Å². The first-order chi connectivity index (χ1) is 8.99. The number of rotatable bonds is 3. The molecule has 1 fully saturated rings. The highest BCUT2D eigenvalue weighted by molar-refractivity contribution is 8.26. The normalized spacial score (nSPS) is 17.9. The molecule has 1 aromatic rings. The van der Waals surface area contributed by atoms with Crippen LogP contribution in [0.2, 0.25) is 0 Å². The molecule has 0 atom stereocenters. The maximum atomic E-state index is 13.6. The summed E-state index contributed by atoms with van der Waals surface area (Å²) in [6.45, 7) is 4.65. The van der Waals surface area contributed by atoms with Crippen molar-refractivity contribution in [3.05, 3.63) is 40.6 Å². The number of thiocarbonyl (C=S) groups is 1. The first-order valence-corrected chi connectivity index (χ1v) is 7.21. The smallest absolute Gasteiger partial charge is 0.266 e. The molecule has 0 bridgehead atoms. The standard InChI is InChI=1S/C14H14FNOS2/c1-9(2)8-16-13(17)12(19-14(16)18)7-10-5-3-4-6-11(10)15/h3-7,9H,8H2,1-2H3/b12-7-. The molecule has 1 heterocycles. The number of carbonyl (C=O) groups is 1. The third-order valence-corrected chi connectivity index (χ3v) is 3.99. The van der Waals surface area contributed by atoms with E-state index in [0.717, 1.165) is 0 Å². The summed E-state index contributed by atoms with van der Waals surface area (Å²) in [6, 6.07) is 6.38. The number of amides is 1. The van der Waals surface area contributed by atoms with Crippen molar-refractivity contribution in [3.8, 4) is 0 Å². The van der Waals surface area contributed by atoms with Gasteiger partial charge < -0.3 is 0 Å². The van der Waals surface area contributed by atoms with Crippen LogP contribution >= 0.6 is 24.0 Å². The molecule has 0 N–H and O–H groups in total. The molecule has 0 spiro atoms. The quantitative estimate of drug-likeness (QED) is 0.626. The number of carbonyl (C=O) groups excluding carboxylic acids is 1. The predicted octanol–water partition coefficient (Wildman–Crippen LogP) is 3.68. The summed E-state index contributed by atoms with van der Waals surface area (Å²) < 4.78 is 14.1. The second-order valence-electron chi connectivity index (χ2n) is 4.71. The van der Waals surface area contributed by atoms with Crippen LogP contribution in [0.5, 0.6) is 0 Å². The van der Waals surface area contributed by atoms with E-state index in [0.29, 0.717) is 27.3 Å². The van der Waals surface area contributed by atoms with Gasteiger partial charge in [0.2, 0.25) is 0 Å². The lowest BCUT2D eigenvalue weighted by molar-refractivity contribution is -0.122. The number of halogens is 1. The topological polar surface area (TPSA) is 20.3 Å². The van der Waals surface area contributed by atoms with Gasteiger partial charge in [-0.1, -0.05) is 56.0 Å². The van der Waals surface area contributed by atoms with E-state index in [-0.39, 0.29) is 11.7 Å². The van der Waals surface area contributed by atoms with E-state index in [1.165, 1.54) is 17.8 Å². The molecule has 5 heteroatoms. The first-order valence-electron chi connectivity index (χ1n) is 5.99. The van der Waals surface area contributed by atoms with Crippen LogP contribution in [0.4, 0.5) is 4.39 Å². The lowest BCUT2D eigenvalue weighted by Gasteiger charge is -2.16. The van der Waals surface area contributed by atoms with Crippen LogP contribution in [0.3, 0.4) is 0 Å². The van der Waals surface area contributed by atoms with Crippen molar-refractivity contribution < 1.29 is 9.18 Å². The van der Waals surface area contributed by atoms with E-state index in [9.17, 15) is 9.18 Å². The number of nitrogens with zero attached hydrogens (tertiary/aromatic N) is 1. The fourth-order valence-corrected chi connectivity index (χ4v) is 3.02. The highest BCUT2D eigenvalue weighted by Gasteiger charge is 2.32. The second-order valence-corrected chi connectivity index (χ2v) is 6.38. The Kier molecular flexibility index (Phi) is 4.37. The molecule has 0 radical (unpaired) electrons. The Morgan fingerprint density at radius 3 is 2.74 bits per heavy atom. The van der Waals surface area contributed by atoms with Crippen LogP contribution in [-0.4, -0.2) is 21.7 Å². The van der Waals surface area contributed by atoms with E-state index in [1.807, 2.05) is 13.8 Å². The van der Waals surface area contributed by atoms with Gasteiger partial charge in [0.25, 0.3) is 5.91 Å². The third kappa shape index (κ3) is 3.22. The molecule has 0 aliphatic carbocycles. The Labute approximate surface area is 121 Å². The molecule has 1 aliphatic heterocycles. The van der Waals surface area contributed by atoms with E-state index < -0.39 is 0 Å². The molecular formula is C14H14FNOS2. The molecule has 2 nitrogen and oxygen atoms in total. The zero-order valence-electron chi connectivity index (χ0n) is 10.7. The molecule has 1 aliphatic rings. The molecule has 100 valence electrons. The lowest BCUT2D eigenvalue weighted by Crippen LogP contribution is -2.31. The molecule has 2 rings (SSSR count). The average molecular weight is 295 g/mol.